The number of aromatic nitrogens is 2. The summed E-state index contributed by atoms with van der Waals surface area (Å²) in [6.07, 6.45) is 3.09. The second-order valence-corrected chi connectivity index (χ2v) is 4.38. The quantitative estimate of drug-likeness (QED) is 0.554. The van der Waals surface area contributed by atoms with Crippen LogP contribution in [-0.2, 0) is 17.8 Å². The molecule has 0 saturated carbocycles. The van der Waals surface area contributed by atoms with Gasteiger partial charge in [-0.2, -0.15) is 5.10 Å². The second-order valence-electron chi connectivity index (χ2n) is 4.38. The summed E-state index contributed by atoms with van der Waals surface area (Å²) in [6.45, 7) is 11.4. The monoisotopic (exact) mass is 237 g/mol. The van der Waals surface area contributed by atoms with Gasteiger partial charge in [0.25, 0.3) is 0 Å². The number of nitrogens with one attached hydrogen (secondary N) is 1. The fraction of sp³-hybridized carbons (Fsp3) is 0.615. The Hall–Kier alpha value is -1.13. The molecule has 1 aromatic heterocycles. The summed E-state index contributed by atoms with van der Waals surface area (Å²) in [4.78, 5) is 0. The Bertz CT molecular complexity index is 358. The van der Waals surface area contributed by atoms with Crippen molar-refractivity contribution in [2.24, 2.45) is 0 Å². The van der Waals surface area contributed by atoms with Gasteiger partial charge in [-0.25, -0.2) is 0 Å². The molecule has 0 aromatic carbocycles. The van der Waals surface area contributed by atoms with Gasteiger partial charge in [0.15, 0.2) is 0 Å². The third kappa shape index (κ3) is 5.15. The lowest BCUT2D eigenvalue weighted by Gasteiger charge is -2.02. The first kappa shape index (κ1) is 13.9. The van der Waals surface area contributed by atoms with Gasteiger partial charge in [-0.3, -0.25) is 4.68 Å². The Morgan fingerprint density at radius 1 is 1.59 bits per heavy atom. The number of aryl methyl sites for hydroxylation is 2. The molecule has 0 bridgehead atoms. The van der Waals surface area contributed by atoms with Crippen LogP contribution in [0.3, 0.4) is 0 Å². The number of hydrogen-bond acceptors (Lipinski definition) is 3. The molecule has 0 aliphatic rings. The smallest absolute Gasteiger partial charge is 0.0638 e. The molecule has 1 N–H and O–H groups in total. The molecule has 17 heavy (non-hydrogen) atoms. The van der Waals surface area contributed by atoms with Crippen LogP contribution in [-0.4, -0.2) is 30.0 Å². The van der Waals surface area contributed by atoms with Gasteiger partial charge < -0.3 is 10.1 Å². The molecule has 1 aromatic rings. The average molecular weight is 237 g/mol. The topological polar surface area (TPSA) is 39.1 Å². The molecule has 1 rings (SSSR count). The number of methoxy groups -OCH3 is 1. The van der Waals surface area contributed by atoms with E-state index in [9.17, 15) is 0 Å². The molecule has 0 spiro atoms. The minimum absolute atomic E-state index is 0.739. The van der Waals surface area contributed by atoms with Gasteiger partial charge >= 0.3 is 0 Å². The highest BCUT2D eigenvalue weighted by Gasteiger charge is 2.04. The van der Waals surface area contributed by atoms with Gasteiger partial charge in [-0.1, -0.05) is 5.57 Å². The lowest BCUT2D eigenvalue weighted by Crippen LogP contribution is -2.18. The van der Waals surface area contributed by atoms with E-state index in [2.05, 4.69) is 23.2 Å². The van der Waals surface area contributed by atoms with Gasteiger partial charge in [-0.15, -0.1) is 6.58 Å². The minimum atomic E-state index is 0.739. The maximum atomic E-state index is 4.99. The van der Waals surface area contributed by atoms with Gasteiger partial charge in [0.2, 0.25) is 0 Å². The molecule has 4 nitrogen and oxygen atoms in total. The number of ether oxygens (including phenoxy) is 1. The summed E-state index contributed by atoms with van der Waals surface area (Å²) in [5.41, 5.74) is 3.54. The summed E-state index contributed by atoms with van der Waals surface area (Å²) in [6, 6.07) is 0. The molecule has 0 aliphatic heterocycles. The van der Waals surface area contributed by atoms with Crippen molar-refractivity contribution >= 4 is 0 Å². The van der Waals surface area contributed by atoms with E-state index < -0.39 is 0 Å². The van der Waals surface area contributed by atoms with E-state index in [-0.39, 0.29) is 0 Å². The van der Waals surface area contributed by atoms with Crippen LogP contribution in [0.5, 0.6) is 0 Å². The fourth-order valence-electron chi connectivity index (χ4n) is 1.55. The number of nitrogens with zero attached hydrogens (tertiary/aromatic N) is 2. The molecular weight excluding hydrogens is 214 g/mol. The van der Waals surface area contributed by atoms with Crippen LogP contribution in [0.1, 0.15) is 24.6 Å². The Morgan fingerprint density at radius 2 is 2.35 bits per heavy atom. The van der Waals surface area contributed by atoms with E-state index in [0.717, 1.165) is 38.4 Å². The highest BCUT2D eigenvalue weighted by atomic mass is 16.5. The lowest BCUT2D eigenvalue weighted by atomic mass is 10.2. The summed E-state index contributed by atoms with van der Waals surface area (Å²) in [7, 11) is 1.71. The van der Waals surface area contributed by atoms with Crippen molar-refractivity contribution in [3.63, 3.8) is 0 Å². The van der Waals surface area contributed by atoms with E-state index in [1.165, 1.54) is 11.1 Å². The van der Waals surface area contributed by atoms with Gasteiger partial charge in [0, 0.05) is 38.5 Å². The molecule has 0 unspecified atom stereocenters. The summed E-state index contributed by atoms with van der Waals surface area (Å²) in [5.74, 6) is 0. The third-order valence-electron chi connectivity index (χ3n) is 2.61. The van der Waals surface area contributed by atoms with Crippen molar-refractivity contribution in [2.75, 3.05) is 20.3 Å². The van der Waals surface area contributed by atoms with Crippen molar-refractivity contribution < 1.29 is 4.74 Å². The number of rotatable bonds is 8. The minimum Gasteiger partial charge on any atom is -0.383 e. The normalized spacial score (nSPS) is 10.8. The molecule has 1 heterocycles. The Morgan fingerprint density at radius 3 is 3.00 bits per heavy atom. The van der Waals surface area contributed by atoms with Crippen LogP contribution in [0, 0.1) is 6.92 Å². The zero-order valence-corrected chi connectivity index (χ0v) is 11.1. The maximum Gasteiger partial charge on any atom is 0.0638 e. The highest BCUT2D eigenvalue weighted by molar-refractivity contribution is 5.15. The zero-order valence-electron chi connectivity index (χ0n) is 11.1. The molecule has 0 radical (unpaired) electrons. The fourth-order valence-corrected chi connectivity index (χ4v) is 1.55. The first-order chi connectivity index (χ1) is 8.13. The van der Waals surface area contributed by atoms with Crippen molar-refractivity contribution in [2.45, 2.75) is 33.4 Å². The summed E-state index contributed by atoms with van der Waals surface area (Å²) >= 11 is 0. The van der Waals surface area contributed by atoms with Crippen LogP contribution >= 0.6 is 0 Å². The Kier molecular flexibility index (Phi) is 5.94. The highest BCUT2D eigenvalue weighted by Crippen LogP contribution is 2.07. The standard InChI is InChI=1S/C13H23N3O/c1-11(2)5-7-16-10-13(12(3)15-16)9-14-6-8-17-4/h10,14H,1,5-9H2,2-4H3. The third-order valence-corrected chi connectivity index (χ3v) is 2.61. The molecule has 96 valence electrons. The second kappa shape index (κ2) is 7.25. The summed E-state index contributed by atoms with van der Waals surface area (Å²) < 4.78 is 6.98. The molecule has 0 fully saturated rings. The van der Waals surface area contributed by atoms with E-state index in [0.29, 0.717) is 0 Å². The zero-order chi connectivity index (χ0) is 12.7. The number of allylic oxidation sites excluding steroid dienone is 1. The van der Waals surface area contributed by atoms with Crippen LogP contribution in [0.25, 0.3) is 0 Å². The molecule has 0 amide bonds. The van der Waals surface area contributed by atoms with E-state index >= 15 is 0 Å². The van der Waals surface area contributed by atoms with E-state index in [1.54, 1.807) is 7.11 Å². The molecular formula is C13H23N3O. The molecule has 0 aliphatic carbocycles. The predicted octanol–water partition coefficient (Wildman–Crippen LogP) is 1.89. The van der Waals surface area contributed by atoms with Gasteiger partial charge in [0.1, 0.15) is 0 Å². The first-order valence-electron chi connectivity index (χ1n) is 6.00. The van der Waals surface area contributed by atoms with E-state index in [1.807, 2.05) is 18.5 Å². The summed E-state index contributed by atoms with van der Waals surface area (Å²) in [5, 5.41) is 7.81. The SMILES string of the molecule is C=C(C)CCn1cc(CNCCOC)c(C)n1. The maximum absolute atomic E-state index is 4.99. The largest absolute Gasteiger partial charge is 0.383 e. The number of hydrogen-bond donors (Lipinski definition) is 1. The molecule has 4 heteroatoms. The molecule has 0 atom stereocenters. The van der Waals surface area contributed by atoms with Crippen LogP contribution < -0.4 is 5.32 Å². The Labute approximate surface area is 104 Å². The van der Waals surface area contributed by atoms with E-state index in [4.69, 9.17) is 4.74 Å². The predicted molar refractivity (Wildman–Crippen MR) is 70.0 cm³/mol. The average Bonchev–Trinajstić information content (AvgIpc) is 2.63. The van der Waals surface area contributed by atoms with Crippen molar-refractivity contribution in [3.05, 3.63) is 29.6 Å². The lowest BCUT2D eigenvalue weighted by molar-refractivity contribution is 0.199. The van der Waals surface area contributed by atoms with Crippen molar-refractivity contribution in [1.82, 2.24) is 15.1 Å². The first-order valence-corrected chi connectivity index (χ1v) is 6.00. The molecule has 0 saturated heterocycles. The van der Waals surface area contributed by atoms with Crippen LogP contribution in [0.15, 0.2) is 18.3 Å². The van der Waals surface area contributed by atoms with Gasteiger partial charge in [-0.05, 0) is 20.3 Å². The van der Waals surface area contributed by atoms with Crippen LogP contribution in [0.4, 0.5) is 0 Å². The van der Waals surface area contributed by atoms with Crippen molar-refractivity contribution in [3.8, 4) is 0 Å². The van der Waals surface area contributed by atoms with Crippen LogP contribution in [0.2, 0.25) is 0 Å². The Balaban J connectivity index is 2.41. The van der Waals surface area contributed by atoms with Crippen molar-refractivity contribution in [1.29, 1.82) is 0 Å². The van der Waals surface area contributed by atoms with Gasteiger partial charge in [0.05, 0.1) is 12.3 Å².